The SMILES string of the molecule is O=C1NCC2=C1[C@@H](c1cccc3scnc13)N(C(=O)CCc1nccs1)[C@@H]1CCCC[C@H]1N2. The third-order valence-electron chi connectivity index (χ3n) is 7.00. The summed E-state index contributed by atoms with van der Waals surface area (Å²) >= 11 is 3.16. The van der Waals surface area contributed by atoms with Crippen LogP contribution in [0.1, 0.15) is 48.7 Å². The molecule has 0 unspecified atom stereocenters. The summed E-state index contributed by atoms with van der Waals surface area (Å²) in [6.07, 6.45) is 6.93. The third kappa shape index (κ3) is 3.63. The molecule has 2 aromatic heterocycles. The highest BCUT2D eigenvalue weighted by Crippen LogP contribution is 2.43. The summed E-state index contributed by atoms with van der Waals surface area (Å²) in [7, 11) is 0. The van der Waals surface area contributed by atoms with Crippen molar-refractivity contribution in [2.45, 2.75) is 56.7 Å². The molecule has 2 amide bonds. The van der Waals surface area contributed by atoms with Crippen molar-refractivity contribution in [2.75, 3.05) is 6.54 Å². The molecule has 1 saturated carbocycles. The molecule has 33 heavy (non-hydrogen) atoms. The van der Waals surface area contributed by atoms with E-state index in [1.165, 1.54) is 0 Å². The van der Waals surface area contributed by atoms with Crippen LogP contribution in [0.4, 0.5) is 0 Å². The quantitative estimate of drug-likeness (QED) is 0.598. The van der Waals surface area contributed by atoms with Crippen LogP contribution in [-0.4, -0.2) is 45.3 Å². The minimum atomic E-state index is -0.447. The number of hydrogen-bond donors (Lipinski definition) is 2. The molecule has 0 radical (unpaired) electrons. The zero-order valence-corrected chi connectivity index (χ0v) is 19.8. The van der Waals surface area contributed by atoms with Crippen molar-refractivity contribution in [2.24, 2.45) is 0 Å². The van der Waals surface area contributed by atoms with Gasteiger partial charge in [0.15, 0.2) is 0 Å². The minimum Gasteiger partial charge on any atom is -0.382 e. The van der Waals surface area contributed by atoms with Crippen LogP contribution in [0, 0.1) is 0 Å². The first-order valence-electron chi connectivity index (χ1n) is 11.5. The van der Waals surface area contributed by atoms with Crippen molar-refractivity contribution in [1.82, 2.24) is 25.5 Å². The molecular weight excluding hydrogens is 454 g/mol. The van der Waals surface area contributed by atoms with E-state index in [0.717, 1.165) is 52.2 Å². The summed E-state index contributed by atoms with van der Waals surface area (Å²) in [5.41, 5.74) is 5.27. The Morgan fingerprint density at radius 3 is 2.97 bits per heavy atom. The maximum absolute atomic E-state index is 14.0. The number of nitrogens with zero attached hydrogens (tertiary/aromatic N) is 3. The molecule has 3 atom stereocenters. The Labute approximate surface area is 199 Å². The average Bonchev–Trinajstić information content (AvgIpc) is 3.57. The number of para-hydroxylation sites is 1. The first-order valence-corrected chi connectivity index (χ1v) is 13.3. The van der Waals surface area contributed by atoms with Crippen LogP contribution < -0.4 is 10.6 Å². The molecule has 0 spiro atoms. The van der Waals surface area contributed by atoms with Gasteiger partial charge in [-0.15, -0.1) is 22.7 Å². The number of amides is 2. The lowest BCUT2D eigenvalue weighted by molar-refractivity contribution is -0.137. The lowest BCUT2D eigenvalue weighted by atomic mass is 9.87. The van der Waals surface area contributed by atoms with Crippen molar-refractivity contribution >= 4 is 44.7 Å². The molecule has 4 heterocycles. The Hall–Kier alpha value is -2.78. The molecule has 3 aromatic rings. The van der Waals surface area contributed by atoms with Crippen LogP contribution in [0.3, 0.4) is 0 Å². The van der Waals surface area contributed by atoms with Gasteiger partial charge in [0, 0.05) is 41.7 Å². The molecule has 1 fully saturated rings. The topological polar surface area (TPSA) is 87.2 Å². The van der Waals surface area contributed by atoms with E-state index < -0.39 is 6.04 Å². The molecule has 7 nitrogen and oxygen atoms in total. The van der Waals surface area contributed by atoms with Gasteiger partial charge >= 0.3 is 0 Å². The first kappa shape index (κ1) is 20.8. The molecule has 0 bridgehead atoms. The van der Waals surface area contributed by atoms with E-state index in [1.807, 2.05) is 34.0 Å². The van der Waals surface area contributed by atoms with Gasteiger partial charge in [0.25, 0.3) is 5.91 Å². The second kappa shape index (κ2) is 8.53. The van der Waals surface area contributed by atoms with Gasteiger partial charge in [-0.1, -0.05) is 25.0 Å². The van der Waals surface area contributed by atoms with Gasteiger partial charge in [-0.2, -0.15) is 0 Å². The highest BCUT2D eigenvalue weighted by atomic mass is 32.1. The van der Waals surface area contributed by atoms with Crippen molar-refractivity contribution in [3.8, 4) is 0 Å². The molecule has 1 aliphatic carbocycles. The summed E-state index contributed by atoms with van der Waals surface area (Å²) in [6.45, 7) is 0.488. The van der Waals surface area contributed by atoms with Gasteiger partial charge in [-0.3, -0.25) is 9.59 Å². The second-order valence-corrected chi connectivity index (χ2v) is 10.7. The Bertz CT molecular complexity index is 1230. The maximum atomic E-state index is 14.0. The molecule has 2 aliphatic heterocycles. The van der Waals surface area contributed by atoms with Gasteiger partial charge in [-0.25, -0.2) is 9.97 Å². The summed E-state index contributed by atoms with van der Waals surface area (Å²) < 4.78 is 1.07. The normalized spacial score (nSPS) is 24.8. The van der Waals surface area contributed by atoms with Crippen molar-refractivity contribution in [3.63, 3.8) is 0 Å². The molecule has 6 rings (SSSR count). The summed E-state index contributed by atoms with van der Waals surface area (Å²) in [4.78, 5) is 38.2. The molecule has 9 heteroatoms. The number of aryl methyl sites for hydroxylation is 1. The van der Waals surface area contributed by atoms with E-state index in [0.29, 0.717) is 25.0 Å². The van der Waals surface area contributed by atoms with Crippen LogP contribution in [0.2, 0.25) is 0 Å². The number of thiazole rings is 2. The van der Waals surface area contributed by atoms with E-state index in [2.05, 4.69) is 20.6 Å². The summed E-state index contributed by atoms with van der Waals surface area (Å²) in [6, 6.07) is 5.84. The number of carbonyl (C=O) groups is 2. The minimum absolute atomic E-state index is 0.0415. The second-order valence-electron chi connectivity index (χ2n) is 8.85. The molecular formula is C24H25N5O2S2. The van der Waals surface area contributed by atoms with Crippen molar-refractivity contribution in [3.05, 3.63) is 57.1 Å². The first-order chi connectivity index (χ1) is 16.2. The van der Waals surface area contributed by atoms with Gasteiger partial charge < -0.3 is 15.5 Å². The predicted octanol–water partition coefficient (Wildman–Crippen LogP) is 3.55. The fourth-order valence-corrected chi connectivity index (χ4v) is 6.90. The number of carbonyl (C=O) groups excluding carboxylic acids is 2. The zero-order valence-electron chi connectivity index (χ0n) is 18.1. The van der Waals surface area contributed by atoms with E-state index in [-0.39, 0.29) is 23.9 Å². The van der Waals surface area contributed by atoms with Gasteiger partial charge in [-0.05, 0) is 18.9 Å². The van der Waals surface area contributed by atoms with Gasteiger partial charge in [0.1, 0.15) is 0 Å². The standard InChI is InChI=1S/C24H25N5O2S2/c30-20(9-8-19-25-10-11-32-19)29-17-6-2-1-5-15(17)28-16-12-26-24(31)21(16)23(29)14-4-3-7-18-22(14)27-13-33-18/h3-4,7,10-11,13,15,17,23,28H,1-2,5-6,8-9,12H2,(H,26,31)/t15-,17-,23-/m1/s1. The van der Waals surface area contributed by atoms with E-state index in [4.69, 9.17) is 0 Å². The number of nitrogens with one attached hydrogen (secondary N) is 2. The Balaban J connectivity index is 1.49. The maximum Gasteiger partial charge on any atom is 0.251 e. The van der Waals surface area contributed by atoms with Crippen LogP contribution in [0.25, 0.3) is 10.2 Å². The lowest BCUT2D eigenvalue weighted by Crippen LogP contribution is -2.53. The lowest BCUT2D eigenvalue weighted by Gasteiger charge is -2.42. The van der Waals surface area contributed by atoms with Crippen LogP contribution >= 0.6 is 22.7 Å². The highest BCUT2D eigenvalue weighted by molar-refractivity contribution is 7.16. The largest absolute Gasteiger partial charge is 0.382 e. The molecule has 0 saturated heterocycles. The molecule has 170 valence electrons. The van der Waals surface area contributed by atoms with Gasteiger partial charge in [0.2, 0.25) is 5.91 Å². The predicted molar refractivity (Wildman–Crippen MR) is 129 cm³/mol. The van der Waals surface area contributed by atoms with Crippen LogP contribution in [0.15, 0.2) is 46.6 Å². The summed E-state index contributed by atoms with van der Waals surface area (Å²) in [5.74, 6) is -0.0133. The van der Waals surface area contributed by atoms with Crippen molar-refractivity contribution < 1.29 is 9.59 Å². The fourth-order valence-electron chi connectivity index (χ4n) is 5.56. The van der Waals surface area contributed by atoms with Crippen LogP contribution in [-0.2, 0) is 16.0 Å². The van der Waals surface area contributed by atoms with Gasteiger partial charge in [0.05, 0.1) is 44.9 Å². The number of aromatic nitrogens is 2. The molecule has 2 N–H and O–H groups in total. The number of hydrogen-bond acceptors (Lipinski definition) is 7. The Kier molecular flexibility index (Phi) is 5.38. The summed E-state index contributed by atoms with van der Waals surface area (Å²) in [5, 5.41) is 9.59. The van der Waals surface area contributed by atoms with E-state index in [9.17, 15) is 9.59 Å². The molecule has 1 aromatic carbocycles. The zero-order chi connectivity index (χ0) is 22.4. The number of rotatable bonds is 4. The Morgan fingerprint density at radius 2 is 2.09 bits per heavy atom. The monoisotopic (exact) mass is 479 g/mol. The van der Waals surface area contributed by atoms with E-state index >= 15 is 0 Å². The fraction of sp³-hybridized carbons (Fsp3) is 0.417. The Morgan fingerprint density at radius 1 is 1.18 bits per heavy atom. The average molecular weight is 480 g/mol. The highest BCUT2D eigenvalue weighted by Gasteiger charge is 2.46. The smallest absolute Gasteiger partial charge is 0.251 e. The number of fused-ring (bicyclic) bond motifs is 2. The third-order valence-corrected chi connectivity index (χ3v) is 8.64. The molecule has 3 aliphatic rings. The van der Waals surface area contributed by atoms with Crippen LogP contribution in [0.5, 0.6) is 0 Å². The van der Waals surface area contributed by atoms with Crippen molar-refractivity contribution in [1.29, 1.82) is 0 Å². The number of benzene rings is 1. The van der Waals surface area contributed by atoms with E-state index in [1.54, 1.807) is 28.9 Å².